The fourth-order valence-corrected chi connectivity index (χ4v) is 2.54. The summed E-state index contributed by atoms with van der Waals surface area (Å²) >= 11 is 3.37. The lowest BCUT2D eigenvalue weighted by atomic mass is 10.1. The Morgan fingerprint density at radius 1 is 1.43 bits per heavy atom. The number of furan rings is 1. The Labute approximate surface area is 130 Å². The van der Waals surface area contributed by atoms with Crippen LogP contribution in [0.4, 0.5) is 0 Å². The van der Waals surface area contributed by atoms with Gasteiger partial charge in [0.05, 0.1) is 0 Å². The van der Waals surface area contributed by atoms with Crippen LogP contribution in [0.25, 0.3) is 11.0 Å². The maximum absolute atomic E-state index is 12.2. The van der Waals surface area contributed by atoms with Crippen molar-refractivity contribution in [1.82, 2.24) is 5.32 Å². The lowest BCUT2D eigenvalue weighted by Gasteiger charge is -2.12. The third-order valence-corrected chi connectivity index (χ3v) is 3.78. The van der Waals surface area contributed by atoms with Crippen LogP contribution in [0.3, 0.4) is 0 Å². The summed E-state index contributed by atoms with van der Waals surface area (Å²) in [6, 6.07) is 4.56. The number of carbonyl (C=O) groups excluding carboxylic acids is 1. The number of carboxylic acid groups (broad SMARTS) is 1. The van der Waals surface area contributed by atoms with E-state index < -0.39 is 17.9 Å². The topological polar surface area (TPSA) is 79.5 Å². The van der Waals surface area contributed by atoms with Gasteiger partial charge in [0.2, 0.25) is 0 Å². The van der Waals surface area contributed by atoms with Crippen LogP contribution in [0.2, 0.25) is 0 Å². The van der Waals surface area contributed by atoms with Crippen LogP contribution >= 0.6 is 15.9 Å². The molecule has 1 amide bonds. The summed E-state index contributed by atoms with van der Waals surface area (Å²) in [6.07, 6.45) is 1.05. The summed E-state index contributed by atoms with van der Waals surface area (Å²) in [5, 5.41) is 12.4. The normalized spacial score (nSPS) is 12.3. The molecule has 112 valence electrons. The standard InChI is InChI=1S/C15H16BrNO4/c1-3-4-11(15(19)20)17-14(18)13-8(2)10-7-9(16)5-6-12(10)21-13/h5-7,11H,3-4H2,1-2H3,(H,17,18)(H,19,20)/t11-/m0/s1. The fraction of sp³-hybridized carbons (Fsp3) is 0.333. The zero-order valence-electron chi connectivity index (χ0n) is 11.8. The fourth-order valence-electron chi connectivity index (χ4n) is 2.18. The number of fused-ring (bicyclic) bond motifs is 1. The Balaban J connectivity index is 2.31. The number of benzene rings is 1. The molecule has 6 heteroatoms. The maximum atomic E-state index is 12.2. The Bertz CT molecular complexity index is 692. The highest BCUT2D eigenvalue weighted by Crippen LogP contribution is 2.28. The van der Waals surface area contributed by atoms with Gasteiger partial charge in [0, 0.05) is 15.4 Å². The van der Waals surface area contributed by atoms with Crippen molar-refractivity contribution in [3.05, 3.63) is 34.0 Å². The molecule has 0 radical (unpaired) electrons. The number of aliphatic carboxylic acids is 1. The minimum absolute atomic E-state index is 0.158. The Kier molecular flexibility index (Phi) is 4.67. The SMILES string of the molecule is CCC[C@H](NC(=O)c1oc2ccc(Br)cc2c1C)C(=O)O. The summed E-state index contributed by atoms with van der Waals surface area (Å²) in [4.78, 5) is 23.3. The minimum atomic E-state index is -1.04. The molecule has 1 heterocycles. The van der Waals surface area contributed by atoms with Gasteiger partial charge in [-0.2, -0.15) is 0 Å². The molecule has 1 aromatic carbocycles. The van der Waals surface area contributed by atoms with Crippen molar-refractivity contribution in [1.29, 1.82) is 0 Å². The number of aryl methyl sites for hydroxylation is 1. The van der Waals surface area contributed by atoms with Gasteiger partial charge in [0.15, 0.2) is 5.76 Å². The predicted molar refractivity (Wildman–Crippen MR) is 82.4 cm³/mol. The first-order valence-corrected chi connectivity index (χ1v) is 7.45. The molecule has 0 unspecified atom stereocenters. The van der Waals surface area contributed by atoms with Crippen LogP contribution in [0, 0.1) is 6.92 Å². The van der Waals surface area contributed by atoms with E-state index in [4.69, 9.17) is 9.52 Å². The molecule has 0 bridgehead atoms. The number of carbonyl (C=O) groups is 2. The van der Waals surface area contributed by atoms with Crippen LogP contribution in [-0.4, -0.2) is 23.0 Å². The minimum Gasteiger partial charge on any atom is -0.480 e. The number of rotatable bonds is 5. The first-order valence-electron chi connectivity index (χ1n) is 6.66. The van der Waals surface area contributed by atoms with Gasteiger partial charge in [0.1, 0.15) is 11.6 Å². The van der Waals surface area contributed by atoms with E-state index in [2.05, 4.69) is 21.2 Å². The molecule has 0 aliphatic rings. The van der Waals surface area contributed by atoms with E-state index in [1.807, 2.05) is 19.1 Å². The molecule has 1 atom stereocenters. The molecule has 2 rings (SSSR count). The molecule has 0 fully saturated rings. The first-order chi connectivity index (χ1) is 9.93. The van der Waals surface area contributed by atoms with E-state index >= 15 is 0 Å². The molecule has 0 spiro atoms. The summed E-state index contributed by atoms with van der Waals surface area (Å²) < 4.78 is 6.44. The second-order valence-corrected chi connectivity index (χ2v) is 5.77. The largest absolute Gasteiger partial charge is 0.480 e. The third-order valence-electron chi connectivity index (χ3n) is 3.29. The number of hydrogen-bond acceptors (Lipinski definition) is 3. The van der Waals surface area contributed by atoms with Crippen LogP contribution in [0.15, 0.2) is 27.1 Å². The van der Waals surface area contributed by atoms with Gasteiger partial charge < -0.3 is 14.8 Å². The smallest absolute Gasteiger partial charge is 0.326 e. The average molecular weight is 354 g/mol. The van der Waals surface area contributed by atoms with Gasteiger partial charge >= 0.3 is 5.97 Å². The van der Waals surface area contributed by atoms with Crippen LogP contribution in [-0.2, 0) is 4.79 Å². The van der Waals surface area contributed by atoms with Crippen molar-refractivity contribution in [2.24, 2.45) is 0 Å². The molecule has 0 aliphatic heterocycles. The first kappa shape index (κ1) is 15.6. The highest BCUT2D eigenvalue weighted by Gasteiger charge is 2.23. The Morgan fingerprint density at radius 2 is 2.14 bits per heavy atom. The van der Waals surface area contributed by atoms with Crippen LogP contribution in [0.5, 0.6) is 0 Å². The van der Waals surface area contributed by atoms with E-state index in [0.29, 0.717) is 24.0 Å². The molecule has 5 nitrogen and oxygen atoms in total. The van der Waals surface area contributed by atoms with E-state index in [9.17, 15) is 9.59 Å². The number of hydrogen-bond donors (Lipinski definition) is 2. The molecule has 0 saturated heterocycles. The van der Waals surface area contributed by atoms with Crippen LogP contribution < -0.4 is 5.32 Å². The highest BCUT2D eigenvalue weighted by molar-refractivity contribution is 9.10. The van der Waals surface area contributed by atoms with Gasteiger partial charge in [-0.1, -0.05) is 29.3 Å². The molecule has 0 saturated carbocycles. The van der Waals surface area contributed by atoms with Crippen molar-refractivity contribution in [2.75, 3.05) is 0 Å². The Morgan fingerprint density at radius 3 is 2.76 bits per heavy atom. The van der Waals surface area contributed by atoms with Gasteiger partial charge in [-0.05, 0) is 31.5 Å². The molecule has 0 aliphatic carbocycles. The monoisotopic (exact) mass is 353 g/mol. The molecular formula is C15H16BrNO4. The lowest BCUT2D eigenvalue weighted by molar-refractivity contribution is -0.139. The molecule has 1 aromatic heterocycles. The van der Waals surface area contributed by atoms with Crippen molar-refractivity contribution in [2.45, 2.75) is 32.7 Å². The van der Waals surface area contributed by atoms with Gasteiger partial charge in [-0.15, -0.1) is 0 Å². The Hall–Kier alpha value is -1.82. The van der Waals surface area contributed by atoms with E-state index in [-0.39, 0.29) is 5.76 Å². The summed E-state index contributed by atoms with van der Waals surface area (Å²) in [5.41, 5.74) is 1.30. The van der Waals surface area contributed by atoms with Crippen molar-refractivity contribution < 1.29 is 19.1 Å². The number of nitrogens with one attached hydrogen (secondary N) is 1. The van der Waals surface area contributed by atoms with Crippen molar-refractivity contribution in [3.8, 4) is 0 Å². The molecule has 2 N–H and O–H groups in total. The number of amides is 1. The quantitative estimate of drug-likeness (QED) is 0.862. The van der Waals surface area contributed by atoms with Crippen molar-refractivity contribution in [3.63, 3.8) is 0 Å². The van der Waals surface area contributed by atoms with E-state index in [1.165, 1.54) is 0 Å². The third kappa shape index (κ3) is 3.26. The number of carboxylic acids is 1. The van der Waals surface area contributed by atoms with E-state index in [1.54, 1.807) is 13.0 Å². The lowest BCUT2D eigenvalue weighted by Crippen LogP contribution is -2.40. The maximum Gasteiger partial charge on any atom is 0.326 e. The average Bonchev–Trinajstić information content (AvgIpc) is 2.75. The molecule has 2 aromatic rings. The summed E-state index contributed by atoms with van der Waals surface area (Å²) in [6.45, 7) is 3.65. The second kappa shape index (κ2) is 6.30. The van der Waals surface area contributed by atoms with Gasteiger partial charge in [0.25, 0.3) is 5.91 Å². The molecule has 21 heavy (non-hydrogen) atoms. The summed E-state index contributed by atoms with van der Waals surface area (Å²) in [7, 11) is 0. The zero-order valence-corrected chi connectivity index (χ0v) is 13.4. The van der Waals surface area contributed by atoms with Gasteiger partial charge in [-0.3, -0.25) is 4.79 Å². The van der Waals surface area contributed by atoms with Crippen LogP contribution in [0.1, 0.15) is 35.9 Å². The molecular weight excluding hydrogens is 338 g/mol. The highest BCUT2D eigenvalue weighted by atomic mass is 79.9. The van der Waals surface area contributed by atoms with Crippen molar-refractivity contribution >= 4 is 38.8 Å². The predicted octanol–water partition coefficient (Wildman–Crippen LogP) is 3.49. The summed E-state index contributed by atoms with van der Waals surface area (Å²) in [5.74, 6) is -1.38. The van der Waals surface area contributed by atoms with Gasteiger partial charge in [-0.25, -0.2) is 4.79 Å². The second-order valence-electron chi connectivity index (χ2n) is 4.85. The zero-order chi connectivity index (χ0) is 15.6. The van der Waals surface area contributed by atoms with E-state index in [0.717, 1.165) is 9.86 Å². The number of halogens is 1.